The molecule has 1 aliphatic carbocycles. The van der Waals surface area contributed by atoms with Crippen LogP contribution in [-0.4, -0.2) is 67.8 Å². The minimum absolute atomic E-state index is 0.170. The number of nitrogens with one attached hydrogen (secondary N) is 3. The van der Waals surface area contributed by atoms with Crippen molar-refractivity contribution in [3.05, 3.63) is 59.4 Å². The van der Waals surface area contributed by atoms with Crippen molar-refractivity contribution < 1.29 is 8.42 Å². The van der Waals surface area contributed by atoms with Crippen molar-refractivity contribution in [2.24, 2.45) is 0 Å². The number of benzene rings is 1. The molecule has 0 radical (unpaired) electrons. The standard InChI is InChI=1S/C24H32ClN7O2S/c1-17(2)30-35(33,34)21-6-4-5-19(15-21)27-23-22(25)16-26-24(29-23)28-18-7-9-20(10-8-18)32-13-11-31(3)12-14-32/h4-10,16-17,21,30H,11-15H2,1-3H3,(H2,26,27,28,29). The zero-order valence-electron chi connectivity index (χ0n) is 20.2. The molecule has 1 fully saturated rings. The quantitative estimate of drug-likeness (QED) is 0.488. The number of piperazine rings is 1. The van der Waals surface area contributed by atoms with Gasteiger partial charge in [-0.15, -0.1) is 0 Å². The van der Waals surface area contributed by atoms with Gasteiger partial charge in [0.15, 0.2) is 5.82 Å². The summed E-state index contributed by atoms with van der Waals surface area (Å²) in [6, 6.07) is 8.02. The van der Waals surface area contributed by atoms with Gasteiger partial charge in [-0.05, 0) is 51.2 Å². The van der Waals surface area contributed by atoms with Crippen LogP contribution >= 0.6 is 11.6 Å². The van der Waals surface area contributed by atoms with Crippen LogP contribution in [0.2, 0.25) is 5.02 Å². The number of rotatable bonds is 8. The molecule has 4 rings (SSSR count). The molecule has 1 aliphatic heterocycles. The van der Waals surface area contributed by atoms with Crippen LogP contribution in [0, 0.1) is 0 Å². The second-order valence-electron chi connectivity index (χ2n) is 9.11. The first-order valence-electron chi connectivity index (χ1n) is 11.7. The first kappa shape index (κ1) is 25.4. The fourth-order valence-corrected chi connectivity index (χ4v) is 5.65. The van der Waals surface area contributed by atoms with E-state index in [0.717, 1.165) is 31.9 Å². The van der Waals surface area contributed by atoms with Crippen molar-refractivity contribution in [1.29, 1.82) is 0 Å². The lowest BCUT2D eigenvalue weighted by Gasteiger charge is -2.34. The largest absolute Gasteiger partial charge is 0.369 e. The van der Waals surface area contributed by atoms with Gasteiger partial charge in [0.05, 0.1) is 11.4 Å². The van der Waals surface area contributed by atoms with E-state index < -0.39 is 15.3 Å². The predicted octanol–water partition coefficient (Wildman–Crippen LogP) is 3.58. The van der Waals surface area contributed by atoms with E-state index in [1.807, 2.05) is 18.2 Å². The van der Waals surface area contributed by atoms with Crippen LogP contribution in [0.5, 0.6) is 0 Å². The number of allylic oxidation sites excluding steroid dienone is 3. The summed E-state index contributed by atoms with van der Waals surface area (Å²) in [4.78, 5) is 13.5. The molecule has 9 nitrogen and oxygen atoms in total. The molecule has 1 saturated heterocycles. The third kappa shape index (κ3) is 6.72. The van der Waals surface area contributed by atoms with Crippen LogP contribution in [0.1, 0.15) is 20.3 Å². The van der Waals surface area contributed by atoms with Crippen molar-refractivity contribution in [3.63, 3.8) is 0 Å². The summed E-state index contributed by atoms with van der Waals surface area (Å²) in [7, 11) is -1.34. The lowest BCUT2D eigenvalue weighted by molar-refractivity contribution is 0.313. The normalized spacial score (nSPS) is 19.1. The number of hydrogen-bond acceptors (Lipinski definition) is 8. The van der Waals surface area contributed by atoms with Crippen molar-refractivity contribution >= 4 is 44.8 Å². The fraction of sp³-hybridized carbons (Fsp3) is 0.417. The lowest BCUT2D eigenvalue weighted by Crippen LogP contribution is -2.44. The molecule has 1 aromatic heterocycles. The van der Waals surface area contributed by atoms with E-state index in [4.69, 9.17) is 11.6 Å². The van der Waals surface area contributed by atoms with Gasteiger partial charge in [-0.3, -0.25) is 0 Å². The second kappa shape index (κ2) is 10.9. The summed E-state index contributed by atoms with van der Waals surface area (Å²) in [5, 5.41) is 6.06. The van der Waals surface area contributed by atoms with E-state index in [1.54, 1.807) is 26.0 Å². The zero-order valence-corrected chi connectivity index (χ0v) is 21.8. The van der Waals surface area contributed by atoms with Gasteiger partial charge >= 0.3 is 0 Å². The minimum Gasteiger partial charge on any atom is -0.369 e. The number of hydrogen-bond donors (Lipinski definition) is 3. The Kier molecular flexibility index (Phi) is 7.95. The topological polar surface area (TPSA) is 102 Å². The molecule has 0 spiro atoms. The highest BCUT2D eigenvalue weighted by Crippen LogP contribution is 2.27. The van der Waals surface area contributed by atoms with Crippen molar-refractivity contribution in [2.45, 2.75) is 31.6 Å². The van der Waals surface area contributed by atoms with Crippen LogP contribution in [-0.2, 0) is 10.0 Å². The minimum atomic E-state index is -3.48. The molecular weight excluding hydrogens is 486 g/mol. The SMILES string of the molecule is CC(C)NS(=O)(=O)C1C=CC=C(Nc2nc(Nc3ccc(N4CCN(C)CC4)cc3)ncc2Cl)C1. The summed E-state index contributed by atoms with van der Waals surface area (Å²) in [6.45, 7) is 7.74. The van der Waals surface area contributed by atoms with Gasteiger partial charge in [-0.1, -0.05) is 23.8 Å². The van der Waals surface area contributed by atoms with Gasteiger partial charge in [-0.25, -0.2) is 18.1 Å². The first-order chi connectivity index (χ1) is 16.7. The fourth-order valence-electron chi connectivity index (χ4n) is 3.99. The number of sulfonamides is 1. The molecule has 188 valence electrons. The average Bonchev–Trinajstić information content (AvgIpc) is 2.82. The monoisotopic (exact) mass is 517 g/mol. The number of aromatic nitrogens is 2. The van der Waals surface area contributed by atoms with Gasteiger partial charge in [0.2, 0.25) is 16.0 Å². The zero-order chi connectivity index (χ0) is 25.0. The van der Waals surface area contributed by atoms with Crippen LogP contribution in [0.3, 0.4) is 0 Å². The number of likely N-dealkylation sites (N-methyl/N-ethyl adjacent to an activating group) is 1. The number of anilines is 4. The van der Waals surface area contributed by atoms with Gasteiger partial charge in [0, 0.05) is 55.7 Å². The molecule has 35 heavy (non-hydrogen) atoms. The van der Waals surface area contributed by atoms with Gasteiger partial charge in [0.1, 0.15) is 5.02 Å². The summed E-state index contributed by atoms with van der Waals surface area (Å²) in [6.07, 6.45) is 7.04. The first-order valence-corrected chi connectivity index (χ1v) is 13.6. The molecule has 3 N–H and O–H groups in total. The van der Waals surface area contributed by atoms with Crippen molar-refractivity contribution in [2.75, 3.05) is 48.8 Å². The smallest absolute Gasteiger partial charge is 0.229 e. The highest BCUT2D eigenvalue weighted by Gasteiger charge is 2.26. The van der Waals surface area contributed by atoms with E-state index in [1.165, 1.54) is 11.9 Å². The molecule has 2 heterocycles. The van der Waals surface area contributed by atoms with Crippen LogP contribution in [0.4, 0.5) is 23.1 Å². The molecule has 1 unspecified atom stereocenters. The van der Waals surface area contributed by atoms with Crippen LogP contribution in [0.15, 0.2) is 54.4 Å². The molecule has 1 atom stereocenters. The Morgan fingerprint density at radius 2 is 1.80 bits per heavy atom. The Morgan fingerprint density at radius 3 is 2.49 bits per heavy atom. The van der Waals surface area contributed by atoms with Crippen molar-refractivity contribution in [1.82, 2.24) is 19.6 Å². The highest BCUT2D eigenvalue weighted by molar-refractivity contribution is 7.90. The molecule has 11 heteroatoms. The highest BCUT2D eigenvalue weighted by atomic mass is 35.5. The Hall–Kier alpha value is -2.66. The maximum Gasteiger partial charge on any atom is 0.229 e. The van der Waals surface area contributed by atoms with E-state index in [0.29, 0.717) is 22.5 Å². The summed E-state index contributed by atoms with van der Waals surface area (Å²) >= 11 is 6.33. The van der Waals surface area contributed by atoms with Crippen LogP contribution in [0.25, 0.3) is 0 Å². The molecule has 2 aliphatic rings. The Labute approximate surface area is 212 Å². The van der Waals surface area contributed by atoms with E-state index in [9.17, 15) is 8.42 Å². The number of halogens is 1. The predicted molar refractivity (Wildman–Crippen MR) is 143 cm³/mol. The summed E-state index contributed by atoms with van der Waals surface area (Å²) in [5.74, 6) is 0.801. The molecule has 0 amide bonds. The number of nitrogens with zero attached hydrogens (tertiary/aromatic N) is 4. The lowest BCUT2D eigenvalue weighted by atomic mass is 10.1. The van der Waals surface area contributed by atoms with E-state index in [2.05, 4.69) is 54.3 Å². The van der Waals surface area contributed by atoms with Gasteiger partial charge in [0.25, 0.3) is 0 Å². The molecule has 0 bridgehead atoms. The maximum absolute atomic E-state index is 12.6. The Morgan fingerprint density at radius 1 is 1.09 bits per heavy atom. The Balaban J connectivity index is 1.41. The van der Waals surface area contributed by atoms with E-state index >= 15 is 0 Å². The Bertz CT molecular complexity index is 1190. The van der Waals surface area contributed by atoms with Gasteiger partial charge in [-0.2, -0.15) is 4.98 Å². The third-order valence-electron chi connectivity index (χ3n) is 5.86. The third-order valence-corrected chi connectivity index (χ3v) is 8.06. The molecule has 0 saturated carbocycles. The maximum atomic E-state index is 12.6. The summed E-state index contributed by atoms with van der Waals surface area (Å²) in [5.41, 5.74) is 2.76. The molecule has 1 aromatic carbocycles. The van der Waals surface area contributed by atoms with Crippen LogP contribution < -0.4 is 20.3 Å². The molecule has 2 aromatic rings. The average molecular weight is 518 g/mol. The van der Waals surface area contributed by atoms with E-state index in [-0.39, 0.29) is 12.5 Å². The molecular formula is C24H32ClN7O2S. The summed E-state index contributed by atoms with van der Waals surface area (Å²) < 4.78 is 27.8. The van der Waals surface area contributed by atoms with Crippen molar-refractivity contribution in [3.8, 4) is 0 Å². The van der Waals surface area contributed by atoms with Gasteiger partial charge < -0.3 is 20.4 Å². The second-order valence-corrected chi connectivity index (χ2v) is 11.5.